The van der Waals surface area contributed by atoms with E-state index in [-0.39, 0.29) is 28.6 Å². The number of ether oxygens (including phenoxy) is 1. The van der Waals surface area contributed by atoms with Gasteiger partial charge in [-0.1, -0.05) is 23.7 Å². The van der Waals surface area contributed by atoms with Gasteiger partial charge < -0.3 is 14.5 Å². The first-order chi connectivity index (χ1) is 15.9. The molecule has 4 aromatic rings. The maximum absolute atomic E-state index is 13.7. The lowest BCUT2D eigenvalue weighted by Crippen LogP contribution is -2.23. The number of nitrogens with one attached hydrogen (secondary N) is 1. The quantitative estimate of drug-likeness (QED) is 0.334. The molecular formula is C21H12ClF6N3O3. The number of nitrogens with zero attached hydrogens (tertiary/aromatic N) is 2. The third kappa shape index (κ3) is 4.96. The monoisotopic (exact) mass is 503 g/mol. The molecule has 0 bridgehead atoms. The summed E-state index contributed by atoms with van der Waals surface area (Å²) in [6, 6.07) is 8.61. The van der Waals surface area contributed by atoms with Crippen LogP contribution in [0.25, 0.3) is 17.0 Å². The molecule has 0 atom stereocenters. The minimum Gasteiger partial charge on any atom is -0.464 e. The molecule has 4 rings (SSSR count). The molecular weight excluding hydrogens is 492 g/mol. The van der Waals surface area contributed by atoms with E-state index in [2.05, 4.69) is 15.0 Å². The molecule has 0 saturated carbocycles. The van der Waals surface area contributed by atoms with Crippen LogP contribution < -0.4 is 10.1 Å². The Morgan fingerprint density at radius 2 is 1.88 bits per heavy atom. The Hall–Kier alpha value is -3.67. The highest BCUT2D eigenvalue weighted by molar-refractivity contribution is 6.33. The highest BCUT2D eigenvalue weighted by atomic mass is 35.5. The normalized spacial score (nSPS) is 12.2. The van der Waals surface area contributed by atoms with E-state index in [1.54, 1.807) is 0 Å². The smallest absolute Gasteiger partial charge is 0.464 e. The third-order valence-corrected chi connectivity index (χ3v) is 4.93. The van der Waals surface area contributed by atoms with E-state index in [0.717, 1.165) is 22.6 Å². The van der Waals surface area contributed by atoms with Crippen molar-refractivity contribution < 1.29 is 40.3 Å². The van der Waals surface area contributed by atoms with Crippen LogP contribution in [-0.4, -0.2) is 21.7 Å². The summed E-state index contributed by atoms with van der Waals surface area (Å²) in [6.45, 7) is -0.262. The first-order valence-corrected chi connectivity index (χ1v) is 9.76. The van der Waals surface area contributed by atoms with Gasteiger partial charge in [-0.3, -0.25) is 9.20 Å². The number of rotatable bonds is 5. The minimum absolute atomic E-state index is 0.0533. The lowest BCUT2D eigenvalue weighted by molar-refractivity contribution is -0.274. The number of hydrogen-bond acceptors (Lipinski definition) is 4. The lowest BCUT2D eigenvalue weighted by atomic mass is 10.1. The lowest BCUT2D eigenvalue weighted by Gasteiger charge is -2.10. The summed E-state index contributed by atoms with van der Waals surface area (Å²) in [4.78, 5) is 16.4. The third-order valence-electron chi connectivity index (χ3n) is 4.57. The molecule has 1 amide bonds. The molecule has 0 radical (unpaired) electrons. The van der Waals surface area contributed by atoms with Crippen LogP contribution in [-0.2, 0) is 12.7 Å². The zero-order valence-electron chi connectivity index (χ0n) is 16.7. The van der Waals surface area contributed by atoms with Gasteiger partial charge in [-0.05, 0) is 35.9 Å². The summed E-state index contributed by atoms with van der Waals surface area (Å²) >= 11 is 6.18. The summed E-state index contributed by atoms with van der Waals surface area (Å²) in [6.07, 6.45) is -7.18. The first-order valence-electron chi connectivity index (χ1n) is 9.38. The van der Waals surface area contributed by atoms with Crippen molar-refractivity contribution in [1.29, 1.82) is 0 Å². The number of hydrogen-bond donors (Lipinski definition) is 1. The zero-order chi connectivity index (χ0) is 24.7. The number of amides is 1. The van der Waals surface area contributed by atoms with Gasteiger partial charge >= 0.3 is 12.5 Å². The Bertz CT molecular complexity index is 1350. The Balaban J connectivity index is 1.64. The summed E-state index contributed by atoms with van der Waals surface area (Å²) in [7, 11) is 0. The molecule has 0 aliphatic carbocycles. The Morgan fingerprint density at radius 3 is 2.53 bits per heavy atom. The van der Waals surface area contributed by atoms with E-state index < -0.39 is 41.1 Å². The van der Waals surface area contributed by atoms with Crippen LogP contribution in [0.2, 0.25) is 5.15 Å². The second-order valence-electron chi connectivity index (χ2n) is 6.94. The predicted octanol–water partition coefficient (Wildman–Crippen LogP) is 6.10. The fraction of sp³-hybridized carbons (Fsp3) is 0.143. The van der Waals surface area contributed by atoms with Gasteiger partial charge in [-0.15, -0.1) is 13.2 Å². The molecule has 0 unspecified atom stereocenters. The molecule has 0 aliphatic heterocycles. The van der Waals surface area contributed by atoms with Gasteiger partial charge in [-0.25, -0.2) is 4.98 Å². The largest absolute Gasteiger partial charge is 0.573 e. The summed E-state index contributed by atoms with van der Waals surface area (Å²) in [5, 5.41) is 1.98. The van der Waals surface area contributed by atoms with Gasteiger partial charge in [0.15, 0.2) is 11.3 Å². The standard InChI is InChI=1S/C21H12ClF6N3O3/c22-17-16(19(32)29-9-11-3-1-4-13(7-11)34-21(26,27)28)30-18-14(20(23,24)25)8-12(10-31(17)18)15-5-2-6-33-15/h1-8,10H,9H2,(H,29,32). The summed E-state index contributed by atoms with van der Waals surface area (Å²) < 4.78 is 88.1. The Labute approximate surface area is 191 Å². The average molecular weight is 504 g/mol. The molecule has 3 heterocycles. The van der Waals surface area contributed by atoms with Crippen molar-refractivity contribution in [1.82, 2.24) is 14.7 Å². The number of carbonyl (C=O) groups is 1. The SMILES string of the molecule is O=C(NCc1cccc(OC(F)(F)F)c1)c1nc2c(C(F)(F)F)cc(-c3ccco3)cn2c1Cl. The molecule has 34 heavy (non-hydrogen) atoms. The van der Waals surface area contributed by atoms with Crippen molar-refractivity contribution in [2.24, 2.45) is 0 Å². The van der Waals surface area contributed by atoms with Crippen molar-refractivity contribution in [2.45, 2.75) is 19.1 Å². The number of pyridine rings is 1. The molecule has 1 N–H and O–H groups in total. The van der Waals surface area contributed by atoms with Crippen molar-refractivity contribution >= 4 is 23.2 Å². The average Bonchev–Trinajstić information content (AvgIpc) is 3.38. The van der Waals surface area contributed by atoms with Crippen molar-refractivity contribution in [3.63, 3.8) is 0 Å². The van der Waals surface area contributed by atoms with E-state index in [1.165, 1.54) is 36.7 Å². The second-order valence-corrected chi connectivity index (χ2v) is 7.30. The Kier molecular flexibility index (Phi) is 5.94. The van der Waals surface area contributed by atoms with E-state index in [1.807, 2.05) is 0 Å². The highest BCUT2D eigenvalue weighted by Gasteiger charge is 2.36. The number of halogens is 7. The predicted molar refractivity (Wildman–Crippen MR) is 107 cm³/mol. The molecule has 3 aromatic heterocycles. The number of aromatic nitrogens is 2. The minimum atomic E-state index is -4.89. The number of furan rings is 1. The molecule has 0 saturated heterocycles. The van der Waals surface area contributed by atoms with Gasteiger partial charge in [0.1, 0.15) is 16.7 Å². The van der Waals surface area contributed by atoms with E-state index in [0.29, 0.717) is 0 Å². The van der Waals surface area contributed by atoms with Crippen LogP contribution in [0.4, 0.5) is 26.3 Å². The van der Waals surface area contributed by atoms with Crippen LogP contribution in [0.15, 0.2) is 59.3 Å². The van der Waals surface area contributed by atoms with E-state index in [4.69, 9.17) is 16.0 Å². The first kappa shape index (κ1) is 23.5. The molecule has 0 aliphatic rings. The zero-order valence-corrected chi connectivity index (χ0v) is 17.4. The van der Waals surface area contributed by atoms with Crippen LogP contribution in [0.5, 0.6) is 5.75 Å². The fourth-order valence-electron chi connectivity index (χ4n) is 3.17. The summed E-state index contributed by atoms with van der Waals surface area (Å²) in [5.41, 5.74) is -1.94. The van der Waals surface area contributed by atoms with Crippen LogP contribution in [0.1, 0.15) is 21.6 Å². The van der Waals surface area contributed by atoms with Crippen LogP contribution >= 0.6 is 11.6 Å². The summed E-state index contributed by atoms with van der Waals surface area (Å²) in [5.74, 6) is -1.28. The molecule has 0 spiro atoms. The maximum Gasteiger partial charge on any atom is 0.573 e. The number of alkyl halides is 6. The van der Waals surface area contributed by atoms with Crippen molar-refractivity contribution in [2.75, 3.05) is 0 Å². The fourth-order valence-corrected chi connectivity index (χ4v) is 3.42. The van der Waals surface area contributed by atoms with Gasteiger partial charge in [0.25, 0.3) is 5.91 Å². The van der Waals surface area contributed by atoms with Crippen molar-refractivity contribution in [3.8, 4) is 17.1 Å². The van der Waals surface area contributed by atoms with Crippen LogP contribution in [0, 0.1) is 0 Å². The number of imidazole rings is 1. The molecule has 178 valence electrons. The number of benzene rings is 1. The van der Waals surface area contributed by atoms with Crippen LogP contribution in [0.3, 0.4) is 0 Å². The van der Waals surface area contributed by atoms with E-state index >= 15 is 0 Å². The Morgan fingerprint density at radius 1 is 1.12 bits per heavy atom. The van der Waals surface area contributed by atoms with Gasteiger partial charge in [0.2, 0.25) is 0 Å². The maximum atomic E-state index is 13.7. The number of carbonyl (C=O) groups excluding carboxylic acids is 1. The van der Waals surface area contributed by atoms with Gasteiger partial charge in [0.05, 0.1) is 11.8 Å². The van der Waals surface area contributed by atoms with Gasteiger partial charge in [0, 0.05) is 18.3 Å². The molecule has 0 fully saturated rings. The topological polar surface area (TPSA) is 68.8 Å². The highest BCUT2D eigenvalue weighted by Crippen LogP contribution is 2.37. The molecule has 1 aromatic carbocycles. The van der Waals surface area contributed by atoms with Gasteiger partial charge in [-0.2, -0.15) is 13.2 Å². The van der Waals surface area contributed by atoms with E-state index in [9.17, 15) is 31.1 Å². The van der Waals surface area contributed by atoms with Crippen molar-refractivity contribution in [3.05, 3.63) is 76.9 Å². The molecule has 6 nitrogen and oxygen atoms in total. The second kappa shape index (κ2) is 8.60. The molecule has 13 heteroatoms. The number of fused-ring (bicyclic) bond motifs is 1.